The Bertz CT molecular complexity index is 548. The largest absolute Gasteiger partial charge is 0.325 e. The van der Waals surface area contributed by atoms with Gasteiger partial charge in [0, 0.05) is 17.1 Å². The minimum atomic E-state index is -0.334. The standard InChI is InChI=1S/C13H16ClFN4/c1-2-4-13-12(7-16)17-18-19(13)8-9-10(14)5-3-6-11(9)15/h3,5-6H,2,4,7-8,16H2,1H3. The van der Waals surface area contributed by atoms with Gasteiger partial charge in [-0.05, 0) is 18.6 Å². The van der Waals surface area contributed by atoms with Crippen LogP contribution in [-0.4, -0.2) is 15.0 Å². The van der Waals surface area contributed by atoms with Gasteiger partial charge in [0.2, 0.25) is 0 Å². The van der Waals surface area contributed by atoms with Gasteiger partial charge in [-0.25, -0.2) is 9.07 Å². The number of hydrogen-bond acceptors (Lipinski definition) is 3. The molecule has 0 fully saturated rings. The fourth-order valence-electron chi connectivity index (χ4n) is 2.00. The minimum Gasteiger partial charge on any atom is -0.325 e. The van der Waals surface area contributed by atoms with E-state index in [0.29, 0.717) is 17.1 Å². The molecule has 0 amide bonds. The van der Waals surface area contributed by atoms with Crippen LogP contribution in [0, 0.1) is 5.82 Å². The first kappa shape index (κ1) is 14.0. The van der Waals surface area contributed by atoms with Crippen molar-refractivity contribution in [3.8, 4) is 0 Å². The molecule has 0 unspecified atom stereocenters. The molecule has 0 bridgehead atoms. The molecule has 19 heavy (non-hydrogen) atoms. The Labute approximate surface area is 116 Å². The molecule has 102 valence electrons. The molecule has 1 aromatic carbocycles. The maximum atomic E-state index is 13.8. The summed E-state index contributed by atoms with van der Waals surface area (Å²) in [6.07, 6.45) is 1.76. The lowest BCUT2D eigenvalue weighted by atomic mass is 10.1. The summed E-state index contributed by atoms with van der Waals surface area (Å²) in [6, 6.07) is 4.64. The van der Waals surface area contributed by atoms with Crippen molar-refractivity contribution in [1.29, 1.82) is 0 Å². The second kappa shape index (κ2) is 6.12. The van der Waals surface area contributed by atoms with Crippen molar-refractivity contribution in [2.75, 3.05) is 0 Å². The van der Waals surface area contributed by atoms with Gasteiger partial charge in [0.1, 0.15) is 5.82 Å². The fraction of sp³-hybridized carbons (Fsp3) is 0.385. The van der Waals surface area contributed by atoms with Crippen molar-refractivity contribution in [2.24, 2.45) is 5.73 Å². The maximum absolute atomic E-state index is 13.8. The lowest BCUT2D eigenvalue weighted by Crippen LogP contribution is -2.10. The number of nitrogens with two attached hydrogens (primary N) is 1. The van der Waals surface area contributed by atoms with Crippen molar-refractivity contribution in [3.63, 3.8) is 0 Å². The SMILES string of the molecule is CCCc1c(CN)nnn1Cc1c(F)cccc1Cl. The average molecular weight is 283 g/mol. The van der Waals surface area contributed by atoms with Crippen LogP contribution in [0.2, 0.25) is 5.02 Å². The number of aromatic nitrogens is 3. The Hall–Kier alpha value is -1.46. The monoisotopic (exact) mass is 282 g/mol. The van der Waals surface area contributed by atoms with E-state index in [0.717, 1.165) is 24.2 Å². The van der Waals surface area contributed by atoms with Crippen LogP contribution in [0.5, 0.6) is 0 Å². The van der Waals surface area contributed by atoms with Crippen LogP contribution in [0.3, 0.4) is 0 Å². The molecule has 6 heteroatoms. The zero-order valence-electron chi connectivity index (χ0n) is 10.7. The van der Waals surface area contributed by atoms with Gasteiger partial charge in [0.15, 0.2) is 0 Å². The smallest absolute Gasteiger partial charge is 0.129 e. The summed E-state index contributed by atoms with van der Waals surface area (Å²) in [6.45, 7) is 2.67. The average Bonchev–Trinajstić information content (AvgIpc) is 2.77. The molecular weight excluding hydrogens is 267 g/mol. The van der Waals surface area contributed by atoms with Crippen molar-refractivity contribution >= 4 is 11.6 Å². The third kappa shape index (κ3) is 2.93. The second-order valence-corrected chi connectivity index (χ2v) is 4.70. The number of benzene rings is 1. The fourth-order valence-corrected chi connectivity index (χ4v) is 2.22. The highest BCUT2D eigenvalue weighted by molar-refractivity contribution is 6.31. The molecule has 1 heterocycles. The van der Waals surface area contributed by atoms with Crippen LogP contribution in [0.1, 0.15) is 30.3 Å². The Balaban J connectivity index is 2.35. The van der Waals surface area contributed by atoms with Crippen LogP contribution in [0.4, 0.5) is 4.39 Å². The predicted molar refractivity (Wildman–Crippen MR) is 72.4 cm³/mol. The number of halogens is 2. The highest BCUT2D eigenvalue weighted by Gasteiger charge is 2.14. The van der Waals surface area contributed by atoms with Crippen LogP contribution in [0.15, 0.2) is 18.2 Å². The molecule has 2 N–H and O–H groups in total. The summed E-state index contributed by atoms with van der Waals surface area (Å²) in [4.78, 5) is 0. The Morgan fingerprint density at radius 3 is 2.84 bits per heavy atom. The lowest BCUT2D eigenvalue weighted by molar-refractivity contribution is 0.564. The molecule has 1 aromatic heterocycles. The van der Waals surface area contributed by atoms with Crippen molar-refractivity contribution in [3.05, 3.63) is 46.0 Å². The summed E-state index contributed by atoms with van der Waals surface area (Å²) in [7, 11) is 0. The first-order valence-electron chi connectivity index (χ1n) is 6.21. The Kier molecular flexibility index (Phi) is 4.50. The lowest BCUT2D eigenvalue weighted by Gasteiger charge is -2.09. The third-order valence-electron chi connectivity index (χ3n) is 2.97. The summed E-state index contributed by atoms with van der Waals surface area (Å²) < 4.78 is 15.4. The topological polar surface area (TPSA) is 56.7 Å². The molecule has 0 spiro atoms. The van der Waals surface area contributed by atoms with E-state index in [1.54, 1.807) is 16.8 Å². The van der Waals surface area contributed by atoms with Crippen molar-refractivity contribution in [2.45, 2.75) is 32.9 Å². The van der Waals surface area contributed by atoms with E-state index in [1.165, 1.54) is 6.07 Å². The van der Waals surface area contributed by atoms with E-state index in [-0.39, 0.29) is 12.4 Å². The van der Waals surface area contributed by atoms with Gasteiger partial charge < -0.3 is 5.73 Å². The zero-order valence-corrected chi connectivity index (χ0v) is 11.5. The molecule has 4 nitrogen and oxygen atoms in total. The highest BCUT2D eigenvalue weighted by Crippen LogP contribution is 2.21. The van der Waals surface area contributed by atoms with Gasteiger partial charge in [-0.15, -0.1) is 5.10 Å². The molecule has 0 aliphatic rings. The van der Waals surface area contributed by atoms with Crippen molar-refractivity contribution in [1.82, 2.24) is 15.0 Å². The number of nitrogens with zero attached hydrogens (tertiary/aromatic N) is 3. The molecule has 0 saturated carbocycles. The first-order valence-corrected chi connectivity index (χ1v) is 6.59. The van der Waals surface area contributed by atoms with Crippen molar-refractivity contribution < 1.29 is 4.39 Å². The third-order valence-corrected chi connectivity index (χ3v) is 3.32. The van der Waals surface area contributed by atoms with Gasteiger partial charge in [0.05, 0.1) is 17.9 Å². The quantitative estimate of drug-likeness (QED) is 0.917. The molecule has 0 atom stereocenters. The Morgan fingerprint density at radius 2 is 2.21 bits per heavy atom. The molecule has 2 aromatic rings. The molecule has 0 aliphatic heterocycles. The van der Waals surface area contributed by atoms with E-state index < -0.39 is 0 Å². The summed E-state index contributed by atoms with van der Waals surface area (Å²) in [5, 5.41) is 8.47. The predicted octanol–water partition coefficient (Wildman–Crippen LogP) is 2.53. The summed E-state index contributed by atoms with van der Waals surface area (Å²) >= 11 is 6.02. The molecule has 2 rings (SSSR count). The van der Waals surface area contributed by atoms with Crippen LogP contribution in [0.25, 0.3) is 0 Å². The molecule has 0 radical (unpaired) electrons. The molecule has 0 saturated heterocycles. The maximum Gasteiger partial charge on any atom is 0.129 e. The van der Waals surface area contributed by atoms with E-state index in [9.17, 15) is 4.39 Å². The van der Waals surface area contributed by atoms with Gasteiger partial charge in [0.25, 0.3) is 0 Å². The molecule has 0 aliphatic carbocycles. The zero-order chi connectivity index (χ0) is 13.8. The van der Waals surface area contributed by atoms with Gasteiger partial charge in [-0.1, -0.05) is 36.2 Å². The first-order chi connectivity index (χ1) is 9.17. The van der Waals surface area contributed by atoms with E-state index in [2.05, 4.69) is 17.2 Å². The minimum absolute atomic E-state index is 0.272. The van der Waals surface area contributed by atoms with Gasteiger partial charge >= 0.3 is 0 Å². The van der Waals surface area contributed by atoms with E-state index >= 15 is 0 Å². The summed E-state index contributed by atoms with van der Waals surface area (Å²) in [5.74, 6) is -0.334. The number of hydrogen-bond donors (Lipinski definition) is 1. The number of rotatable bonds is 5. The normalized spacial score (nSPS) is 10.9. The van der Waals surface area contributed by atoms with E-state index in [1.807, 2.05) is 0 Å². The second-order valence-electron chi connectivity index (χ2n) is 4.29. The van der Waals surface area contributed by atoms with Gasteiger partial charge in [-0.3, -0.25) is 0 Å². The highest BCUT2D eigenvalue weighted by atomic mass is 35.5. The van der Waals surface area contributed by atoms with Crippen LogP contribution < -0.4 is 5.73 Å². The molecular formula is C13H16ClFN4. The van der Waals surface area contributed by atoms with Gasteiger partial charge in [-0.2, -0.15) is 0 Å². The Morgan fingerprint density at radius 1 is 1.42 bits per heavy atom. The summed E-state index contributed by atoms with van der Waals surface area (Å²) in [5.41, 5.74) is 7.76. The van der Waals surface area contributed by atoms with Crippen LogP contribution >= 0.6 is 11.6 Å². The van der Waals surface area contributed by atoms with E-state index in [4.69, 9.17) is 17.3 Å². The van der Waals surface area contributed by atoms with Crippen LogP contribution in [-0.2, 0) is 19.5 Å².